The number of rotatable bonds is 49. The van der Waals surface area contributed by atoms with Gasteiger partial charge in [-0.1, -0.05) is 234 Å². The number of allylic oxidation sites excluding steroid dienone is 16. The van der Waals surface area contributed by atoms with Gasteiger partial charge >= 0.3 is 17.9 Å². The molecule has 0 aromatic rings. The molecule has 6 nitrogen and oxygen atoms in total. The van der Waals surface area contributed by atoms with Gasteiger partial charge in [-0.3, -0.25) is 14.4 Å². The van der Waals surface area contributed by atoms with Gasteiger partial charge in [-0.2, -0.15) is 0 Å². The molecule has 0 spiro atoms. The van der Waals surface area contributed by atoms with Crippen LogP contribution < -0.4 is 0 Å². The number of ether oxygens (including phenoxy) is 3. The van der Waals surface area contributed by atoms with Crippen LogP contribution in [0.3, 0.4) is 0 Å². The van der Waals surface area contributed by atoms with Crippen molar-refractivity contribution < 1.29 is 28.6 Å². The zero-order valence-corrected chi connectivity index (χ0v) is 43.6. The van der Waals surface area contributed by atoms with E-state index in [0.717, 1.165) is 89.9 Å². The van der Waals surface area contributed by atoms with Gasteiger partial charge in [0.25, 0.3) is 0 Å². The number of hydrogen-bond donors (Lipinski definition) is 0. The number of hydrogen-bond acceptors (Lipinski definition) is 6. The number of carbonyl (C=O) groups is 3. The maximum atomic E-state index is 12.8. The summed E-state index contributed by atoms with van der Waals surface area (Å²) in [6, 6.07) is 0. The molecule has 0 amide bonds. The highest BCUT2D eigenvalue weighted by Gasteiger charge is 2.19. The molecule has 0 radical (unpaired) electrons. The molecular formula is C61H102O6. The fourth-order valence-electron chi connectivity index (χ4n) is 7.37. The van der Waals surface area contributed by atoms with E-state index in [-0.39, 0.29) is 44.0 Å². The number of unbranched alkanes of at least 4 members (excludes halogenated alkanes) is 22. The maximum Gasteiger partial charge on any atom is 0.306 e. The van der Waals surface area contributed by atoms with Gasteiger partial charge < -0.3 is 14.2 Å². The van der Waals surface area contributed by atoms with E-state index in [1.807, 2.05) is 6.08 Å². The summed E-state index contributed by atoms with van der Waals surface area (Å²) in [7, 11) is 0. The van der Waals surface area contributed by atoms with Gasteiger partial charge in [0.1, 0.15) is 13.2 Å². The standard InChI is InChI=1S/C61H102O6/c1-4-7-10-13-16-19-22-25-27-29-30-32-33-36-39-42-45-48-51-54-60(63)66-57-58(56-65-59(62)53-50-47-44-41-38-35-24-21-18-15-12-9-6-3)67-61(64)55-52-49-46-43-40-37-34-31-28-26-23-20-17-14-11-8-5-2/h16-17,19-20,25-28,30,32,34,36-37,39,45,48,58H,4-15,18,21-24,29,31,33,35,38,40-44,46-47,49-57H2,1-3H3/b19-16-,20-17-,27-25-,28-26-,32-30-,37-34-,39-36-,48-45-/t58-/m0/s1. The molecule has 0 N–H and O–H groups in total. The third-order valence-electron chi connectivity index (χ3n) is 11.6. The summed E-state index contributed by atoms with van der Waals surface area (Å²) >= 11 is 0. The quantitative estimate of drug-likeness (QED) is 0.0262. The molecule has 0 aliphatic heterocycles. The molecule has 0 saturated heterocycles. The van der Waals surface area contributed by atoms with Crippen LogP contribution in [-0.4, -0.2) is 37.2 Å². The van der Waals surface area contributed by atoms with Gasteiger partial charge in [0.15, 0.2) is 6.10 Å². The van der Waals surface area contributed by atoms with E-state index in [2.05, 4.69) is 112 Å². The highest BCUT2D eigenvalue weighted by Crippen LogP contribution is 2.14. The van der Waals surface area contributed by atoms with E-state index in [9.17, 15) is 14.4 Å². The first kappa shape index (κ1) is 63.3. The summed E-state index contributed by atoms with van der Waals surface area (Å²) in [6.07, 6.45) is 72.6. The third-order valence-corrected chi connectivity index (χ3v) is 11.6. The Bertz CT molecular complexity index is 1350. The third kappa shape index (κ3) is 53.2. The van der Waals surface area contributed by atoms with Gasteiger partial charge in [-0.25, -0.2) is 0 Å². The van der Waals surface area contributed by atoms with Gasteiger partial charge in [-0.15, -0.1) is 0 Å². The van der Waals surface area contributed by atoms with Crippen molar-refractivity contribution in [3.8, 4) is 0 Å². The Balaban J connectivity index is 4.54. The molecular weight excluding hydrogens is 829 g/mol. The largest absolute Gasteiger partial charge is 0.462 e. The molecule has 67 heavy (non-hydrogen) atoms. The number of esters is 3. The fraction of sp³-hybridized carbons (Fsp3) is 0.689. The Labute approximate surface area is 413 Å². The second-order valence-electron chi connectivity index (χ2n) is 18.1. The molecule has 382 valence electrons. The Morgan fingerprint density at radius 3 is 0.955 bits per heavy atom. The molecule has 0 aliphatic rings. The molecule has 0 aromatic heterocycles. The van der Waals surface area contributed by atoms with E-state index in [0.29, 0.717) is 12.8 Å². The molecule has 0 heterocycles. The minimum atomic E-state index is -0.818. The second-order valence-corrected chi connectivity index (χ2v) is 18.1. The van der Waals surface area contributed by atoms with Crippen LogP contribution >= 0.6 is 0 Å². The molecule has 0 aromatic carbocycles. The molecule has 0 saturated carbocycles. The van der Waals surface area contributed by atoms with Crippen molar-refractivity contribution in [2.75, 3.05) is 13.2 Å². The van der Waals surface area contributed by atoms with Crippen LogP contribution in [0.15, 0.2) is 97.2 Å². The SMILES string of the molecule is CCCCC/C=C\C/C=C\C/C=C\C/C=C\C/C=C\CCC(=O)OC[C@H](COC(=O)CCCCCCCCCCCCCCC)OC(=O)CCCCCC/C=C\C/C=C\C/C=C\CCCCC. The van der Waals surface area contributed by atoms with Crippen molar-refractivity contribution in [2.24, 2.45) is 0 Å². The monoisotopic (exact) mass is 931 g/mol. The van der Waals surface area contributed by atoms with Crippen molar-refractivity contribution in [1.29, 1.82) is 0 Å². The Hall–Kier alpha value is -3.67. The first-order chi connectivity index (χ1) is 33.0. The summed E-state index contributed by atoms with van der Waals surface area (Å²) in [5.74, 6) is -1.02. The van der Waals surface area contributed by atoms with Crippen molar-refractivity contribution in [3.63, 3.8) is 0 Å². The van der Waals surface area contributed by atoms with Crippen molar-refractivity contribution >= 4 is 17.9 Å². The van der Waals surface area contributed by atoms with Crippen LogP contribution in [0.25, 0.3) is 0 Å². The molecule has 0 aliphatic carbocycles. The molecule has 0 unspecified atom stereocenters. The van der Waals surface area contributed by atoms with E-state index < -0.39 is 6.10 Å². The van der Waals surface area contributed by atoms with Crippen LogP contribution in [-0.2, 0) is 28.6 Å². The van der Waals surface area contributed by atoms with Crippen LogP contribution in [0.4, 0.5) is 0 Å². The average Bonchev–Trinajstić information content (AvgIpc) is 3.33. The van der Waals surface area contributed by atoms with E-state index >= 15 is 0 Å². The van der Waals surface area contributed by atoms with Crippen molar-refractivity contribution in [2.45, 2.75) is 258 Å². The lowest BCUT2D eigenvalue weighted by Crippen LogP contribution is -2.30. The normalized spacial score (nSPS) is 12.8. The summed E-state index contributed by atoms with van der Waals surface area (Å²) in [4.78, 5) is 38.0. The lowest BCUT2D eigenvalue weighted by Gasteiger charge is -2.18. The lowest BCUT2D eigenvalue weighted by molar-refractivity contribution is -0.166. The van der Waals surface area contributed by atoms with Crippen LogP contribution in [0.5, 0.6) is 0 Å². The average molecular weight is 931 g/mol. The Morgan fingerprint density at radius 1 is 0.299 bits per heavy atom. The maximum absolute atomic E-state index is 12.8. The topological polar surface area (TPSA) is 78.9 Å². The summed E-state index contributed by atoms with van der Waals surface area (Å²) < 4.78 is 16.7. The predicted molar refractivity (Wildman–Crippen MR) is 288 cm³/mol. The van der Waals surface area contributed by atoms with Crippen molar-refractivity contribution in [3.05, 3.63) is 97.2 Å². The molecule has 0 rings (SSSR count). The zero-order valence-electron chi connectivity index (χ0n) is 43.6. The lowest BCUT2D eigenvalue weighted by atomic mass is 10.0. The molecule has 1 atom stereocenters. The Kier molecular flexibility index (Phi) is 51.9. The predicted octanol–water partition coefficient (Wildman–Crippen LogP) is 18.5. The molecule has 0 bridgehead atoms. The minimum absolute atomic E-state index is 0.109. The van der Waals surface area contributed by atoms with E-state index in [4.69, 9.17) is 14.2 Å². The molecule has 0 fully saturated rings. The minimum Gasteiger partial charge on any atom is -0.462 e. The van der Waals surface area contributed by atoms with Gasteiger partial charge in [0, 0.05) is 19.3 Å². The number of carbonyl (C=O) groups excluding carboxylic acids is 3. The second kappa shape index (κ2) is 54.9. The van der Waals surface area contributed by atoms with Crippen LogP contribution in [0.1, 0.15) is 252 Å². The first-order valence-electron chi connectivity index (χ1n) is 27.7. The summed E-state index contributed by atoms with van der Waals surface area (Å²) in [5.41, 5.74) is 0. The highest BCUT2D eigenvalue weighted by molar-refractivity contribution is 5.71. The van der Waals surface area contributed by atoms with Gasteiger partial charge in [0.2, 0.25) is 0 Å². The summed E-state index contributed by atoms with van der Waals surface area (Å²) in [5, 5.41) is 0. The van der Waals surface area contributed by atoms with Crippen molar-refractivity contribution in [1.82, 2.24) is 0 Å². The smallest absolute Gasteiger partial charge is 0.306 e. The summed E-state index contributed by atoms with van der Waals surface area (Å²) in [6.45, 7) is 6.50. The molecule has 6 heteroatoms. The van der Waals surface area contributed by atoms with Gasteiger partial charge in [-0.05, 0) is 96.3 Å². The first-order valence-corrected chi connectivity index (χ1v) is 27.7. The van der Waals surface area contributed by atoms with E-state index in [1.165, 1.54) is 116 Å². The zero-order chi connectivity index (χ0) is 48.6. The van der Waals surface area contributed by atoms with E-state index in [1.54, 1.807) is 0 Å². The fourth-order valence-corrected chi connectivity index (χ4v) is 7.37. The highest BCUT2D eigenvalue weighted by atomic mass is 16.6. The van der Waals surface area contributed by atoms with Crippen LogP contribution in [0, 0.1) is 0 Å². The van der Waals surface area contributed by atoms with Crippen LogP contribution in [0.2, 0.25) is 0 Å². The van der Waals surface area contributed by atoms with Gasteiger partial charge in [0.05, 0.1) is 0 Å². The Morgan fingerprint density at radius 2 is 0.567 bits per heavy atom.